The molecule has 10 heteroatoms. The number of piperidine rings is 1. The molecule has 0 atom stereocenters. The lowest BCUT2D eigenvalue weighted by molar-refractivity contribution is 0.122. The molecule has 0 amide bonds. The predicted octanol–water partition coefficient (Wildman–Crippen LogP) is 3.73. The SMILES string of the molecule is CS(=O)(=O)Nc1ccc(-c2cnc(-c3cccc(N4CCOCC4)n3)[nH]2)c(N2CCC3(CC2)CC3)c1. The molecule has 1 aliphatic carbocycles. The highest BCUT2D eigenvalue weighted by molar-refractivity contribution is 7.92. The third-order valence-corrected chi connectivity index (χ3v) is 8.21. The van der Waals surface area contributed by atoms with Crippen LogP contribution in [0.15, 0.2) is 42.6 Å². The number of aromatic amines is 1. The molecule has 0 bridgehead atoms. The van der Waals surface area contributed by atoms with E-state index in [1.165, 1.54) is 31.9 Å². The summed E-state index contributed by atoms with van der Waals surface area (Å²) in [5.74, 6) is 1.63. The standard InChI is InChI=1S/C26H32N6O3S/c1-36(33,34)30-19-5-6-20(23(17-19)31-11-9-26(7-8-26)10-12-31)22-18-27-25(29-22)21-3-2-4-24(28-21)32-13-15-35-16-14-32/h2-6,17-18,30H,7-16H2,1H3,(H,27,29). The fourth-order valence-corrected chi connectivity index (χ4v) is 5.86. The summed E-state index contributed by atoms with van der Waals surface area (Å²) < 4.78 is 31.9. The highest BCUT2D eigenvalue weighted by Gasteiger charge is 2.44. The molecule has 2 aliphatic heterocycles. The number of sulfonamides is 1. The van der Waals surface area contributed by atoms with E-state index in [2.05, 4.69) is 24.5 Å². The zero-order valence-electron chi connectivity index (χ0n) is 20.5. The van der Waals surface area contributed by atoms with Crippen molar-refractivity contribution in [3.63, 3.8) is 0 Å². The van der Waals surface area contributed by atoms with Gasteiger partial charge in [0.25, 0.3) is 0 Å². The average molecular weight is 509 g/mol. The first-order valence-electron chi connectivity index (χ1n) is 12.6. The number of benzene rings is 1. The molecule has 1 saturated carbocycles. The van der Waals surface area contributed by atoms with Crippen LogP contribution in [0.3, 0.4) is 0 Å². The molecule has 2 saturated heterocycles. The number of imidazole rings is 1. The van der Waals surface area contributed by atoms with Crippen molar-refractivity contribution in [3.8, 4) is 22.8 Å². The van der Waals surface area contributed by atoms with E-state index in [1.54, 1.807) is 0 Å². The molecule has 6 rings (SSSR count). The van der Waals surface area contributed by atoms with Crippen LogP contribution in [0.5, 0.6) is 0 Å². The highest BCUT2D eigenvalue weighted by atomic mass is 32.2. The zero-order valence-corrected chi connectivity index (χ0v) is 21.4. The molecule has 190 valence electrons. The molecule has 2 N–H and O–H groups in total. The van der Waals surface area contributed by atoms with Crippen LogP contribution in [0, 0.1) is 5.41 Å². The van der Waals surface area contributed by atoms with Gasteiger partial charge in [-0.3, -0.25) is 4.72 Å². The molecule has 4 heterocycles. The van der Waals surface area contributed by atoms with Crippen molar-refractivity contribution in [2.75, 3.05) is 60.2 Å². The second-order valence-electron chi connectivity index (χ2n) is 10.2. The molecular formula is C26H32N6O3S. The van der Waals surface area contributed by atoms with E-state index in [0.717, 1.165) is 54.6 Å². The molecule has 1 spiro atoms. The second kappa shape index (κ2) is 9.08. The number of rotatable bonds is 6. The molecule has 2 aromatic heterocycles. The lowest BCUT2D eigenvalue weighted by Crippen LogP contribution is -2.36. The summed E-state index contributed by atoms with van der Waals surface area (Å²) in [5, 5.41) is 0. The van der Waals surface area contributed by atoms with Crippen molar-refractivity contribution >= 4 is 27.2 Å². The van der Waals surface area contributed by atoms with Gasteiger partial charge in [-0.25, -0.2) is 18.4 Å². The van der Waals surface area contributed by atoms with Crippen LogP contribution in [-0.4, -0.2) is 69.0 Å². The number of nitrogens with one attached hydrogen (secondary N) is 2. The lowest BCUT2D eigenvalue weighted by atomic mass is 9.93. The maximum Gasteiger partial charge on any atom is 0.229 e. The van der Waals surface area contributed by atoms with Gasteiger partial charge in [-0.2, -0.15) is 0 Å². The monoisotopic (exact) mass is 508 g/mol. The number of H-pyrrole nitrogens is 1. The highest BCUT2D eigenvalue weighted by Crippen LogP contribution is 2.54. The molecule has 3 fully saturated rings. The maximum absolute atomic E-state index is 11.9. The topological polar surface area (TPSA) is 103 Å². The Labute approximate surface area is 211 Å². The van der Waals surface area contributed by atoms with Gasteiger partial charge in [0.05, 0.1) is 37.0 Å². The Morgan fingerprint density at radius 2 is 1.78 bits per heavy atom. The van der Waals surface area contributed by atoms with Gasteiger partial charge in [-0.15, -0.1) is 0 Å². The van der Waals surface area contributed by atoms with Crippen LogP contribution in [0.25, 0.3) is 22.8 Å². The van der Waals surface area contributed by atoms with E-state index in [-0.39, 0.29) is 0 Å². The molecule has 0 radical (unpaired) electrons. The van der Waals surface area contributed by atoms with E-state index < -0.39 is 10.0 Å². The van der Waals surface area contributed by atoms with Gasteiger partial charge < -0.3 is 19.5 Å². The van der Waals surface area contributed by atoms with Gasteiger partial charge in [0.1, 0.15) is 11.5 Å². The van der Waals surface area contributed by atoms with Crippen LogP contribution < -0.4 is 14.5 Å². The minimum Gasteiger partial charge on any atom is -0.378 e. The first-order valence-corrected chi connectivity index (χ1v) is 14.5. The Kier molecular flexibility index (Phi) is 5.88. The molecule has 1 aromatic carbocycles. The summed E-state index contributed by atoms with van der Waals surface area (Å²) in [4.78, 5) is 17.6. The van der Waals surface area contributed by atoms with Crippen molar-refractivity contribution in [1.82, 2.24) is 15.0 Å². The number of hydrogen-bond donors (Lipinski definition) is 2. The number of pyridine rings is 1. The fraction of sp³-hybridized carbons (Fsp3) is 0.462. The van der Waals surface area contributed by atoms with Gasteiger partial charge in [-0.05, 0) is 61.4 Å². The number of hydrogen-bond acceptors (Lipinski definition) is 7. The van der Waals surface area contributed by atoms with Crippen molar-refractivity contribution in [1.29, 1.82) is 0 Å². The van der Waals surface area contributed by atoms with E-state index in [0.29, 0.717) is 30.1 Å². The normalized spacial score (nSPS) is 19.5. The van der Waals surface area contributed by atoms with Gasteiger partial charge in [0, 0.05) is 37.4 Å². The van der Waals surface area contributed by atoms with E-state index in [9.17, 15) is 8.42 Å². The van der Waals surface area contributed by atoms with Crippen molar-refractivity contribution in [3.05, 3.63) is 42.6 Å². The Morgan fingerprint density at radius 3 is 2.50 bits per heavy atom. The molecule has 9 nitrogen and oxygen atoms in total. The first kappa shape index (κ1) is 23.3. The fourth-order valence-electron chi connectivity index (χ4n) is 5.31. The first-order chi connectivity index (χ1) is 17.4. The number of nitrogens with zero attached hydrogens (tertiary/aromatic N) is 4. The molecule has 3 aliphatic rings. The number of ether oxygens (including phenoxy) is 1. The van der Waals surface area contributed by atoms with Gasteiger partial charge in [-0.1, -0.05) is 6.07 Å². The largest absolute Gasteiger partial charge is 0.378 e. The molecule has 0 unspecified atom stereocenters. The summed E-state index contributed by atoms with van der Waals surface area (Å²) in [6, 6.07) is 11.7. The third-order valence-electron chi connectivity index (χ3n) is 7.60. The summed E-state index contributed by atoms with van der Waals surface area (Å²) in [5.41, 5.74) is 4.82. The van der Waals surface area contributed by atoms with Crippen LogP contribution >= 0.6 is 0 Å². The Morgan fingerprint density at radius 1 is 1.00 bits per heavy atom. The van der Waals surface area contributed by atoms with Crippen molar-refractivity contribution in [2.24, 2.45) is 5.41 Å². The maximum atomic E-state index is 11.9. The quantitative estimate of drug-likeness (QED) is 0.523. The third kappa shape index (κ3) is 4.92. The van der Waals surface area contributed by atoms with Crippen molar-refractivity contribution < 1.29 is 13.2 Å². The minimum atomic E-state index is -3.36. The zero-order chi connectivity index (χ0) is 24.8. The summed E-state index contributed by atoms with van der Waals surface area (Å²) >= 11 is 0. The van der Waals surface area contributed by atoms with E-state index >= 15 is 0 Å². The van der Waals surface area contributed by atoms with E-state index in [1.807, 2.05) is 42.6 Å². The van der Waals surface area contributed by atoms with Crippen LogP contribution in [0.2, 0.25) is 0 Å². The minimum absolute atomic E-state index is 0.553. The van der Waals surface area contributed by atoms with Gasteiger partial charge in [0.2, 0.25) is 10.0 Å². The summed E-state index contributed by atoms with van der Waals surface area (Å²) in [6.45, 7) is 5.02. The van der Waals surface area contributed by atoms with E-state index in [4.69, 9.17) is 9.72 Å². The summed E-state index contributed by atoms with van der Waals surface area (Å²) in [7, 11) is -3.36. The van der Waals surface area contributed by atoms with Crippen LogP contribution in [0.1, 0.15) is 25.7 Å². The Hall–Kier alpha value is -3.11. The predicted molar refractivity (Wildman–Crippen MR) is 142 cm³/mol. The number of morpholine rings is 1. The smallest absolute Gasteiger partial charge is 0.229 e. The van der Waals surface area contributed by atoms with Crippen LogP contribution in [-0.2, 0) is 14.8 Å². The molecule has 36 heavy (non-hydrogen) atoms. The van der Waals surface area contributed by atoms with Gasteiger partial charge in [0.15, 0.2) is 5.82 Å². The summed E-state index contributed by atoms with van der Waals surface area (Å²) in [6.07, 6.45) is 8.06. The van der Waals surface area contributed by atoms with Crippen molar-refractivity contribution in [2.45, 2.75) is 25.7 Å². The Balaban J connectivity index is 1.31. The second-order valence-corrected chi connectivity index (χ2v) is 12.0. The number of aromatic nitrogens is 3. The molecular weight excluding hydrogens is 476 g/mol. The number of anilines is 3. The molecule has 3 aromatic rings. The van der Waals surface area contributed by atoms with Gasteiger partial charge >= 0.3 is 0 Å². The lowest BCUT2D eigenvalue weighted by Gasteiger charge is -2.35. The van der Waals surface area contributed by atoms with Crippen LogP contribution in [0.4, 0.5) is 17.2 Å². The Bertz CT molecular complexity index is 1350. The average Bonchev–Trinajstić information content (AvgIpc) is 3.44.